The minimum atomic E-state index is -0.492. The van der Waals surface area contributed by atoms with Crippen molar-refractivity contribution >= 4 is 17.1 Å². The Balaban J connectivity index is 1.85. The van der Waals surface area contributed by atoms with Crippen molar-refractivity contribution in [3.63, 3.8) is 0 Å². The third kappa shape index (κ3) is 4.86. The molecule has 0 spiro atoms. The van der Waals surface area contributed by atoms with Gasteiger partial charge in [0.2, 0.25) is 0 Å². The molecule has 7 nitrogen and oxygen atoms in total. The molecule has 0 saturated carbocycles. The predicted octanol–water partition coefficient (Wildman–Crippen LogP) is 2.88. The summed E-state index contributed by atoms with van der Waals surface area (Å²) in [7, 11) is 1.62. The lowest BCUT2D eigenvalue weighted by Gasteiger charge is -2.19. The van der Waals surface area contributed by atoms with Gasteiger partial charge >= 0.3 is 6.09 Å². The molecule has 0 bridgehead atoms. The zero-order valence-electron chi connectivity index (χ0n) is 14.7. The molecule has 0 aliphatic carbocycles. The van der Waals surface area contributed by atoms with Gasteiger partial charge in [0.05, 0.1) is 18.7 Å². The Morgan fingerprint density at radius 1 is 1.42 bits per heavy atom. The number of H-pyrrole nitrogens is 1. The Bertz CT molecular complexity index is 691. The first-order valence-corrected chi connectivity index (χ1v) is 8.05. The highest BCUT2D eigenvalue weighted by Crippen LogP contribution is 2.25. The van der Waals surface area contributed by atoms with Gasteiger partial charge in [0.1, 0.15) is 22.7 Å². The number of aromatic amines is 1. The fraction of sp³-hybridized carbons (Fsp3) is 0.529. The maximum Gasteiger partial charge on any atom is 0.407 e. The van der Waals surface area contributed by atoms with Crippen LogP contribution in [0.25, 0.3) is 11.0 Å². The smallest absolute Gasteiger partial charge is 0.407 e. The summed E-state index contributed by atoms with van der Waals surface area (Å²) in [4.78, 5) is 19.3. The van der Waals surface area contributed by atoms with E-state index >= 15 is 0 Å². The second-order valence-corrected chi connectivity index (χ2v) is 6.66. The van der Waals surface area contributed by atoms with Gasteiger partial charge in [-0.3, -0.25) is 0 Å². The van der Waals surface area contributed by atoms with Gasteiger partial charge in [0.25, 0.3) is 0 Å². The molecule has 1 amide bonds. The van der Waals surface area contributed by atoms with Crippen LogP contribution in [0.2, 0.25) is 0 Å². The van der Waals surface area contributed by atoms with Gasteiger partial charge in [0.15, 0.2) is 0 Å². The maximum atomic E-state index is 11.6. The number of methoxy groups -OCH3 is 1. The molecule has 7 heteroatoms. The van der Waals surface area contributed by atoms with Crippen molar-refractivity contribution in [2.45, 2.75) is 45.3 Å². The number of para-hydroxylation sites is 1. The summed E-state index contributed by atoms with van der Waals surface area (Å²) in [6, 6.07) is 5.47. The summed E-state index contributed by atoms with van der Waals surface area (Å²) >= 11 is 0. The number of aromatic nitrogens is 2. The zero-order valence-corrected chi connectivity index (χ0v) is 14.7. The van der Waals surface area contributed by atoms with Crippen molar-refractivity contribution in [3.8, 4) is 5.75 Å². The maximum absolute atomic E-state index is 11.6. The summed E-state index contributed by atoms with van der Waals surface area (Å²) in [6.45, 7) is 6.00. The number of fused-ring (bicyclic) bond motifs is 1. The lowest BCUT2D eigenvalue weighted by molar-refractivity contribution is 0.0526. The van der Waals surface area contributed by atoms with E-state index < -0.39 is 11.7 Å². The van der Waals surface area contributed by atoms with Crippen LogP contribution in [0, 0.1) is 0 Å². The SMILES string of the molecule is COc1cccc2[nH]c([C@@H](N)CCCNC(=O)OC(C)(C)C)nc12. The van der Waals surface area contributed by atoms with E-state index in [4.69, 9.17) is 15.2 Å². The highest BCUT2D eigenvalue weighted by atomic mass is 16.6. The van der Waals surface area contributed by atoms with Gasteiger partial charge in [-0.1, -0.05) is 6.07 Å². The van der Waals surface area contributed by atoms with Gasteiger partial charge in [-0.05, 0) is 45.7 Å². The number of nitrogens with one attached hydrogen (secondary N) is 2. The number of carbonyl (C=O) groups is 1. The molecule has 0 radical (unpaired) electrons. The number of amides is 1. The summed E-state index contributed by atoms with van der Waals surface area (Å²) in [5.41, 5.74) is 7.37. The molecule has 1 atom stereocenters. The molecule has 1 aromatic carbocycles. The average molecular weight is 334 g/mol. The monoisotopic (exact) mass is 334 g/mol. The molecular formula is C17H26N4O3. The Hall–Kier alpha value is -2.28. The molecule has 0 aliphatic heterocycles. The van der Waals surface area contributed by atoms with Crippen molar-refractivity contribution in [1.82, 2.24) is 15.3 Å². The number of nitrogens with zero attached hydrogens (tertiary/aromatic N) is 1. The third-order valence-electron chi connectivity index (χ3n) is 3.43. The summed E-state index contributed by atoms with van der Waals surface area (Å²) in [6.07, 6.45) is 1.01. The van der Waals surface area contributed by atoms with E-state index in [-0.39, 0.29) is 6.04 Å². The first kappa shape index (κ1) is 18.1. The van der Waals surface area contributed by atoms with Crippen LogP contribution in [0.4, 0.5) is 4.79 Å². The van der Waals surface area contributed by atoms with Gasteiger partial charge in [-0.15, -0.1) is 0 Å². The zero-order chi connectivity index (χ0) is 17.7. The Morgan fingerprint density at radius 3 is 2.83 bits per heavy atom. The highest BCUT2D eigenvalue weighted by Gasteiger charge is 2.16. The molecule has 0 fully saturated rings. The third-order valence-corrected chi connectivity index (χ3v) is 3.43. The standard InChI is InChI=1S/C17H26N4O3/c1-17(2,3)24-16(22)19-10-6-7-11(18)15-20-12-8-5-9-13(23-4)14(12)21-15/h5,8-9,11H,6-7,10,18H2,1-4H3,(H,19,22)(H,20,21)/t11-/m0/s1. The summed E-state index contributed by atoms with van der Waals surface area (Å²) in [5.74, 6) is 1.43. The van der Waals surface area contributed by atoms with Crippen molar-refractivity contribution < 1.29 is 14.3 Å². The van der Waals surface area contributed by atoms with Crippen LogP contribution in [-0.4, -0.2) is 35.3 Å². The van der Waals surface area contributed by atoms with Crippen LogP contribution in [0.15, 0.2) is 18.2 Å². The van der Waals surface area contributed by atoms with E-state index in [1.54, 1.807) is 7.11 Å². The van der Waals surface area contributed by atoms with Crippen LogP contribution >= 0.6 is 0 Å². The second-order valence-electron chi connectivity index (χ2n) is 6.66. The first-order chi connectivity index (χ1) is 11.3. The molecule has 132 valence electrons. The van der Waals surface area contributed by atoms with Crippen molar-refractivity contribution in [2.24, 2.45) is 5.73 Å². The van der Waals surface area contributed by atoms with Crippen molar-refractivity contribution in [3.05, 3.63) is 24.0 Å². The Morgan fingerprint density at radius 2 is 2.17 bits per heavy atom. The van der Waals surface area contributed by atoms with Gasteiger partial charge in [0, 0.05) is 6.54 Å². The van der Waals surface area contributed by atoms with Crippen LogP contribution in [0.1, 0.15) is 45.5 Å². The molecule has 1 aromatic heterocycles. The number of carbonyl (C=O) groups excluding carboxylic acids is 1. The van der Waals surface area contributed by atoms with E-state index in [0.717, 1.165) is 17.5 Å². The van der Waals surface area contributed by atoms with Gasteiger partial charge < -0.3 is 25.5 Å². The van der Waals surface area contributed by atoms with E-state index in [1.807, 2.05) is 39.0 Å². The number of nitrogens with two attached hydrogens (primary N) is 1. The minimum Gasteiger partial charge on any atom is -0.494 e. The molecule has 0 saturated heterocycles. The molecule has 1 heterocycles. The van der Waals surface area contributed by atoms with E-state index in [0.29, 0.717) is 24.5 Å². The molecule has 2 aromatic rings. The topological polar surface area (TPSA) is 102 Å². The molecule has 0 aliphatic rings. The normalized spacial score (nSPS) is 12.9. The average Bonchev–Trinajstić information content (AvgIpc) is 2.93. The second kappa shape index (κ2) is 7.53. The predicted molar refractivity (Wildman–Crippen MR) is 93.0 cm³/mol. The minimum absolute atomic E-state index is 0.234. The molecule has 0 unspecified atom stereocenters. The van der Waals surface area contributed by atoms with Crippen LogP contribution < -0.4 is 15.8 Å². The van der Waals surface area contributed by atoms with Crippen LogP contribution in [0.5, 0.6) is 5.75 Å². The first-order valence-electron chi connectivity index (χ1n) is 8.05. The fourth-order valence-electron chi connectivity index (χ4n) is 2.33. The summed E-state index contributed by atoms with van der Waals surface area (Å²) < 4.78 is 10.5. The molecular weight excluding hydrogens is 308 g/mol. The van der Waals surface area contributed by atoms with Crippen molar-refractivity contribution in [1.29, 1.82) is 0 Å². The van der Waals surface area contributed by atoms with Crippen LogP contribution in [0.3, 0.4) is 0 Å². The number of alkyl carbamates (subject to hydrolysis) is 1. The number of rotatable bonds is 6. The Kier molecular flexibility index (Phi) is 5.66. The van der Waals surface area contributed by atoms with E-state index in [1.165, 1.54) is 0 Å². The number of hydrogen-bond donors (Lipinski definition) is 3. The van der Waals surface area contributed by atoms with Crippen molar-refractivity contribution in [2.75, 3.05) is 13.7 Å². The quantitative estimate of drug-likeness (QED) is 0.705. The molecule has 24 heavy (non-hydrogen) atoms. The van der Waals surface area contributed by atoms with E-state index in [9.17, 15) is 4.79 Å². The lowest BCUT2D eigenvalue weighted by atomic mass is 10.1. The van der Waals surface area contributed by atoms with Crippen LogP contribution in [-0.2, 0) is 4.74 Å². The lowest BCUT2D eigenvalue weighted by Crippen LogP contribution is -2.33. The van der Waals surface area contributed by atoms with E-state index in [2.05, 4.69) is 15.3 Å². The number of benzene rings is 1. The Labute approximate surface area is 141 Å². The highest BCUT2D eigenvalue weighted by molar-refractivity contribution is 5.81. The molecule has 2 rings (SSSR count). The fourth-order valence-corrected chi connectivity index (χ4v) is 2.33. The largest absolute Gasteiger partial charge is 0.494 e. The molecule has 4 N–H and O–H groups in total. The van der Waals surface area contributed by atoms with Gasteiger partial charge in [-0.2, -0.15) is 0 Å². The number of ether oxygens (including phenoxy) is 2. The number of imidazole rings is 1. The summed E-state index contributed by atoms with van der Waals surface area (Å²) in [5, 5.41) is 2.72. The van der Waals surface area contributed by atoms with Gasteiger partial charge in [-0.25, -0.2) is 9.78 Å². The number of hydrogen-bond acceptors (Lipinski definition) is 5.